The van der Waals surface area contributed by atoms with E-state index in [9.17, 15) is 4.39 Å². The van der Waals surface area contributed by atoms with Gasteiger partial charge in [0.25, 0.3) is 0 Å². The van der Waals surface area contributed by atoms with Gasteiger partial charge in [-0.1, -0.05) is 6.07 Å². The normalized spacial score (nSPS) is 18.6. The van der Waals surface area contributed by atoms with Crippen LogP contribution in [-0.4, -0.2) is 27.4 Å². The number of benzene rings is 1. The highest BCUT2D eigenvalue weighted by Gasteiger charge is 2.24. The zero-order valence-corrected chi connectivity index (χ0v) is 10.9. The van der Waals surface area contributed by atoms with Gasteiger partial charge in [0, 0.05) is 19.3 Å². The summed E-state index contributed by atoms with van der Waals surface area (Å²) in [5.74, 6) is 0.516. The van der Waals surface area contributed by atoms with Crippen molar-refractivity contribution in [1.82, 2.24) is 5.32 Å². The molecule has 1 saturated heterocycles. The van der Waals surface area contributed by atoms with Gasteiger partial charge in [-0.3, -0.25) is 0 Å². The molecule has 18 heavy (non-hydrogen) atoms. The van der Waals surface area contributed by atoms with Crippen LogP contribution in [0.2, 0.25) is 0 Å². The van der Waals surface area contributed by atoms with Gasteiger partial charge in [0.2, 0.25) is 0 Å². The zero-order valence-electron chi connectivity index (χ0n) is 10.9. The molecule has 1 N–H and O–H groups in total. The van der Waals surface area contributed by atoms with E-state index in [1.807, 2.05) is 13.1 Å². The van der Waals surface area contributed by atoms with Gasteiger partial charge in [0.15, 0.2) is 11.6 Å². The lowest BCUT2D eigenvalue weighted by atomic mass is 9.87. The summed E-state index contributed by atoms with van der Waals surface area (Å²) in [6.07, 6.45) is 2.07. The third-order valence-electron chi connectivity index (χ3n) is 3.58. The molecule has 1 atom stereocenters. The van der Waals surface area contributed by atoms with E-state index >= 15 is 0 Å². The van der Waals surface area contributed by atoms with E-state index in [1.54, 1.807) is 6.07 Å². The van der Waals surface area contributed by atoms with Crippen molar-refractivity contribution in [2.24, 2.45) is 5.92 Å². The van der Waals surface area contributed by atoms with Crippen LogP contribution in [0.4, 0.5) is 4.39 Å². The molecule has 1 aliphatic rings. The van der Waals surface area contributed by atoms with E-state index in [1.165, 1.54) is 13.2 Å². The van der Waals surface area contributed by atoms with Crippen molar-refractivity contribution >= 4 is 0 Å². The van der Waals surface area contributed by atoms with E-state index in [-0.39, 0.29) is 11.9 Å². The number of rotatable bonds is 4. The Morgan fingerprint density at radius 3 is 2.72 bits per heavy atom. The summed E-state index contributed by atoms with van der Waals surface area (Å²) in [7, 11) is 3.43. The van der Waals surface area contributed by atoms with Gasteiger partial charge < -0.3 is 14.8 Å². The largest absolute Gasteiger partial charge is 0.494 e. The third-order valence-corrected chi connectivity index (χ3v) is 3.58. The molecule has 0 spiro atoms. The Balaban J connectivity index is 2.20. The molecule has 100 valence electrons. The third kappa shape index (κ3) is 2.82. The molecule has 0 aliphatic carbocycles. The van der Waals surface area contributed by atoms with Gasteiger partial charge in [-0.2, -0.15) is 0 Å². The Morgan fingerprint density at radius 1 is 1.39 bits per heavy atom. The number of hydrogen-bond donors (Lipinski definition) is 1. The summed E-state index contributed by atoms with van der Waals surface area (Å²) in [4.78, 5) is 0. The maximum absolute atomic E-state index is 13.4. The van der Waals surface area contributed by atoms with Gasteiger partial charge >= 0.3 is 0 Å². The molecule has 4 heteroatoms. The highest BCUT2D eigenvalue weighted by Crippen LogP contribution is 2.32. The van der Waals surface area contributed by atoms with Crippen molar-refractivity contribution < 1.29 is 13.9 Å². The van der Waals surface area contributed by atoms with Crippen molar-refractivity contribution in [2.75, 3.05) is 27.4 Å². The second kappa shape index (κ2) is 6.16. The van der Waals surface area contributed by atoms with Crippen LogP contribution in [0.25, 0.3) is 0 Å². The lowest BCUT2D eigenvalue weighted by molar-refractivity contribution is 0.0546. The lowest BCUT2D eigenvalue weighted by Crippen LogP contribution is -2.30. The first-order chi connectivity index (χ1) is 8.76. The molecule has 1 unspecified atom stereocenters. The number of hydrogen-bond acceptors (Lipinski definition) is 3. The van der Waals surface area contributed by atoms with Crippen LogP contribution in [0.5, 0.6) is 5.75 Å². The molecule has 0 amide bonds. The molecular weight excluding hydrogens is 233 g/mol. The van der Waals surface area contributed by atoms with Crippen molar-refractivity contribution in [3.05, 3.63) is 29.6 Å². The van der Waals surface area contributed by atoms with Crippen LogP contribution in [0.3, 0.4) is 0 Å². The van der Waals surface area contributed by atoms with Crippen molar-refractivity contribution in [3.8, 4) is 5.75 Å². The minimum Gasteiger partial charge on any atom is -0.494 e. The summed E-state index contributed by atoms with van der Waals surface area (Å²) in [6, 6.07) is 5.31. The Morgan fingerprint density at radius 2 is 2.11 bits per heavy atom. The number of halogens is 1. The predicted octanol–water partition coefficient (Wildman–Crippen LogP) is 2.52. The van der Waals surface area contributed by atoms with E-state index in [0.29, 0.717) is 11.7 Å². The molecule has 3 nitrogen and oxygen atoms in total. The molecule has 1 aliphatic heterocycles. The van der Waals surface area contributed by atoms with Crippen molar-refractivity contribution in [2.45, 2.75) is 18.9 Å². The molecule has 0 bridgehead atoms. The monoisotopic (exact) mass is 253 g/mol. The zero-order chi connectivity index (χ0) is 13.0. The minimum atomic E-state index is -0.317. The van der Waals surface area contributed by atoms with Gasteiger partial charge in [0.1, 0.15) is 0 Å². The summed E-state index contributed by atoms with van der Waals surface area (Å²) in [5.41, 5.74) is 1.07. The van der Waals surface area contributed by atoms with Gasteiger partial charge in [-0.15, -0.1) is 0 Å². The van der Waals surface area contributed by atoms with Crippen LogP contribution < -0.4 is 10.1 Å². The Bertz CT molecular complexity index is 391. The molecule has 1 aromatic rings. The first kappa shape index (κ1) is 13.3. The second-order valence-corrected chi connectivity index (χ2v) is 4.61. The number of methoxy groups -OCH3 is 1. The topological polar surface area (TPSA) is 30.5 Å². The summed E-state index contributed by atoms with van der Waals surface area (Å²) in [5, 5.41) is 3.33. The molecule has 0 aromatic heterocycles. The Kier molecular flexibility index (Phi) is 4.55. The van der Waals surface area contributed by atoms with E-state index < -0.39 is 0 Å². The first-order valence-electron chi connectivity index (χ1n) is 6.34. The molecule has 1 fully saturated rings. The van der Waals surface area contributed by atoms with E-state index in [2.05, 4.69) is 5.32 Å². The average molecular weight is 253 g/mol. The minimum absolute atomic E-state index is 0.225. The maximum Gasteiger partial charge on any atom is 0.165 e. The Hall–Kier alpha value is -1.13. The van der Waals surface area contributed by atoms with Gasteiger partial charge in [-0.05, 0) is 43.5 Å². The lowest BCUT2D eigenvalue weighted by Gasteiger charge is -2.30. The number of ether oxygens (including phenoxy) is 2. The molecular formula is C14H20FNO2. The first-order valence-corrected chi connectivity index (χ1v) is 6.34. The molecule has 0 radical (unpaired) electrons. The van der Waals surface area contributed by atoms with Gasteiger partial charge in [-0.25, -0.2) is 4.39 Å². The fourth-order valence-corrected chi connectivity index (χ4v) is 2.59. The molecule has 2 rings (SSSR count). The molecule has 1 aromatic carbocycles. The van der Waals surface area contributed by atoms with Crippen LogP contribution in [0, 0.1) is 11.7 Å². The highest BCUT2D eigenvalue weighted by atomic mass is 19.1. The van der Waals surface area contributed by atoms with Crippen LogP contribution in [0.15, 0.2) is 18.2 Å². The SMILES string of the molecule is CNC(c1ccc(F)c(OC)c1)C1CCOCC1. The molecule has 0 saturated carbocycles. The molecule has 1 heterocycles. The van der Waals surface area contributed by atoms with Crippen molar-refractivity contribution in [1.29, 1.82) is 0 Å². The maximum atomic E-state index is 13.4. The fourth-order valence-electron chi connectivity index (χ4n) is 2.59. The standard InChI is InChI=1S/C14H20FNO2/c1-16-14(10-5-7-18-8-6-10)11-3-4-12(15)13(9-11)17-2/h3-4,9-10,14,16H,5-8H2,1-2H3. The van der Waals surface area contributed by atoms with Crippen LogP contribution in [-0.2, 0) is 4.74 Å². The highest BCUT2D eigenvalue weighted by molar-refractivity contribution is 5.32. The second-order valence-electron chi connectivity index (χ2n) is 4.61. The van der Waals surface area contributed by atoms with E-state index in [4.69, 9.17) is 9.47 Å². The number of nitrogens with one attached hydrogen (secondary N) is 1. The Labute approximate surface area is 107 Å². The average Bonchev–Trinajstić information content (AvgIpc) is 2.42. The fraction of sp³-hybridized carbons (Fsp3) is 0.571. The van der Waals surface area contributed by atoms with Crippen LogP contribution in [0.1, 0.15) is 24.4 Å². The summed E-state index contributed by atoms with van der Waals surface area (Å²) < 4.78 is 23.8. The quantitative estimate of drug-likeness (QED) is 0.894. The van der Waals surface area contributed by atoms with E-state index in [0.717, 1.165) is 31.6 Å². The summed E-state index contributed by atoms with van der Waals surface area (Å²) in [6.45, 7) is 1.61. The summed E-state index contributed by atoms with van der Waals surface area (Å²) >= 11 is 0. The van der Waals surface area contributed by atoms with Gasteiger partial charge in [0.05, 0.1) is 7.11 Å². The van der Waals surface area contributed by atoms with Crippen LogP contribution >= 0.6 is 0 Å². The predicted molar refractivity (Wildman–Crippen MR) is 68.3 cm³/mol. The smallest absolute Gasteiger partial charge is 0.165 e. The van der Waals surface area contributed by atoms with Crippen molar-refractivity contribution in [3.63, 3.8) is 0 Å².